The second-order valence-electron chi connectivity index (χ2n) is 9.76. The Hall–Kier alpha value is -3.44. The van der Waals surface area contributed by atoms with Crippen molar-refractivity contribution in [1.82, 2.24) is 19.7 Å². The summed E-state index contributed by atoms with van der Waals surface area (Å²) in [5, 5.41) is 13.1. The fourth-order valence-electron chi connectivity index (χ4n) is 5.02. The Labute approximate surface area is 234 Å². The zero-order valence-corrected chi connectivity index (χ0v) is 23.6. The van der Waals surface area contributed by atoms with Gasteiger partial charge in [0.15, 0.2) is 0 Å². The fourth-order valence-corrected chi connectivity index (χ4v) is 6.97. The Balaban J connectivity index is 1.31. The summed E-state index contributed by atoms with van der Waals surface area (Å²) in [7, 11) is 0. The number of fused-ring (bicyclic) bond motifs is 1. The number of nitrogens with one attached hydrogen (secondary N) is 1. The molecule has 1 saturated carbocycles. The Morgan fingerprint density at radius 3 is 2.64 bits per heavy atom. The summed E-state index contributed by atoms with van der Waals surface area (Å²) in [6.07, 6.45) is 8.20. The van der Waals surface area contributed by atoms with Crippen molar-refractivity contribution in [2.24, 2.45) is 0 Å². The van der Waals surface area contributed by atoms with Gasteiger partial charge in [0, 0.05) is 12.3 Å². The van der Waals surface area contributed by atoms with Crippen LogP contribution in [0.1, 0.15) is 83.2 Å². The van der Waals surface area contributed by atoms with Crippen LogP contribution >= 0.6 is 22.7 Å². The second kappa shape index (κ2) is 12.2. The van der Waals surface area contributed by atoms with E-state index in [9.17, 15) is 14.4 Å². The highest BCUT2D eigenvalue weighted by atomic mass is 32.1. The third kappa shape index (κ3) is 5.94. The van der Waals surface area contributed by atoms with Crippen LogP contribution in [0.5, 0.6) is 0 Å². The van der Waals surface area contributed by atoms with Crippen LogP contribution in [0.4, 0.5) is 5.13 Å². The van der Waals surface area contributed by atoms with Crippen molar-refractivity contribution < 1.29 is 14.3 Å². The van der Waals surface area contributed by atoms with E-state index in [1.54, 1.807) is 6.92 Å². The standard InChI is InChI=1S/C28H31N5O4S2/c1-3-20(23(34)30-28-32-31-24(39-28)19-12-8-5-9-13-19)33-16-29-25-21(26(33)35)17(2)22(38-25)27(36)37-15-14-18-10-6-4-7-11-18/h4,6-7,10-11,16,19-20H,3,5,8-9,12-15H2,1-2H3,(H,30,32,34). The first-order chi connectivity index (χ1) is 19.0. The second-order valence-corrected chi connectivity index (χ2v) is 11.8. The van der Waals surface area contributed by atoms with Gasteiger partial charge in [0.25, 0.3) is 5.56 Å². The SMILES string of the molecule is CCC(C(=O)Nc1nnc(C2CCCCC2)s1)n1cnc2sc(C(=O)OCCc3ccccc3)c(C)c2c1=O. The lowest BCUT2D eigenvalue weighted by Crippen LogP contribution is -2.33. The number of aryl methyl sites for hydroxylation is 1. The highest BCUT2D eigenvalue weighted by Crippen LogP contribution is 2.35. The zero-order chi connectivity index (χ0) is 27.4. The van der Waals surface area contributed by atoms with Crippen molar-refractivity contribution in [3.05, 3.63) is 68.0 Å². The van der Waals surface area contributed by atoms with Crippen LogP contribution in [0.2, 0.25) is 0 Å². The summed E-state index contributed by atoms with van der Waals surface area (Å²) in [6.45, 7) is 3.79. The summed E-state index contributed by atoms with van der Waals surface area (Å²) in [4.78, 5) is 44.8. The molecule has 3 heterocycles. The number of hydrogen-bond acceptors (Lipinski definition) is 9. The third-order valence-electron chi connectivity index (χ3n) is 7.18. The maximum absolute atomic E-state index is 13.5. The van der Waals surface area contributed by atoms with Crippen molar-refractivity contribution in [2.75, 3.05) is 11.9 Å². The number of amides is 1. The van der Waals surface area contributed by atoms with E-state index in [4.69, 9.17) is 4.74 Å². The average molecular weight is 566 g/mol. The molecule has 0 spiro atoms. The van der Waals surface area contributed by atoms with Crippen molar-refractivity contribution >= 4 is 49.9 Å². The molecule has 0 radical (unpaired) electrons. The Bertz CT molecular complexity index is 1520. The Morgan fingerprint density at radius 2 is 1.90 bits per heavy atom. The van der Waals surface area contributed by atoms with E-state index < -0.39 is 12.0 Å². The van der Waals surface area contributed by atoms with Crippen molar-refractivity contribution in [3.8, 4) is 0 Å². The van der Waals surface area contributed by atoms with E-state index >= 15 is 0 Å². The largest absolute Gasteiger partial charge is 0.461 e. The molecule has 5 rings (SSSR count). The summed E-state index contributed by atoms with van der Waals surface area (Å²) in [6, 6.07) is 8.99. The molecule has 204 valence electrons. The number of rotatable bonds is 9. The van der Waals surface area contributed by atoms with Crippen molar-refractivity contribution in [1.29, 1.82) is 0 Å². The van der Waals surface area contributed by atoms with Gasteiger partial charge in [0.2, 0.25) is 11.0 Å². The van der Waals surface area contributed by atoms with E-state index in [0.717, 1.165) is 34.7 Å². The van der Waals surface area contributed by atoms with E-state index in [0.29, 0.717) is 44.5 Å². The maximum atomic E-state index is 13.5. The average Bonchev–Trinajstić information content (AvgIpc) is 3.56. The van der Waals surface area contributed by atoms with Gasteiger partial charge in [-0.15, -0.1) is 21.5 Å². The molecule has 1 aliphatic carbocycles. The number of anilines is 1. The lowest BCUT2D eigenvalue weighted by atomic mass is 9.90. The number of benzene rings is 1. The molecule has 4 aromatic rings. The number of aromatic nitrogens is 4. The van der Waals surface area contributed by atoms with E-state index in [-0.39, 0.29) is 18.1 Å². The van der Waals surface area contributed by atoms with Crippen LogP contribution in [-0.4, -0.2) is 38.2 Å². The predicted molar refractivity (Wildman–Crippen MR) is 153 cm³/mol. The molecule has 9 nitrogen and oxygen atoms in total. The molecule has 1 fully saturated rings. The molecule has 1 N–H and O–H groups in total. The van der Waals surface area contributed by atoms with Gasteiger partial charge in [-0.2, -0.15) is 0 Å². The van der Waals surface area contributed by atoms with Gasteiger partial charge in [0.1, 0.15) is 20.8 Å². The Morgan fingerprint density at radius 1 is 1.13 bits per heavy atom. The molecular formula is C28H31N5O4S2. The molecule has 1 aliphatic rings. The minimum absolute atomic E-state index is 0.236. The topological polar surface area (TPSA) is 116 Å². The highest BCUT2D eigenvalue weighted by molar-refractivity contribution is 7.20. The van der Waals surface area contributed by atoms with Crippen LogP contribution in [0.3, 0.4) is 0 Å². The Kier molecular flexibility index (Phi) is 8.47. The minimum Gasteiger partial charge on any atom is -0.461 e. The summed E-state index contributed by atoms with van der Waals surface area (Å²) >= 11 is 2.54. The quantitative estimate of drug-likeness (QED) is 0.261. The maximum Gasteiger partial charge on any atom is 0.348 e. The number of hydrogen-bond donors (Lipinski definition) is 1. The number of ether oxygens (including phenoxy) is 1. The van der Waals surface area contributed by atoms with Gasteiger partial charge in [-0.05, 0) is 37.3 Å². The predicted octanol–water partition coefficient (Wildman–Crippen LogP) is 5.65. The van der Waals surface area contributed by atoms with E-state index in [2.05, 4.69) is 20.5 Å². The molecule has 39 heavy (non-hydrogen) atoms. The molecule has 1 aromatic carbocycles. The van der Waals surface area contributed by atoms with Gasteiger partial charge in [0.05, 0.1) is 18.3 Å². The first-order valence-electron chi connectivity index (χ1n) is 13.3. The molecule has 3 aromatic heterocycles. The van der Waals surface area contributed by atoms with Crippen LogP contribution < -0.4 is 10.9 Å². The zero-order valence-electron chi connectivity index (χ0n) is 22.0. The number of carbonyl (C=O) groups excluding carboxylic acids is 2. The van der Waals surface area contributed by atoms with E-state index in [1.807, 2.05) is 37.3 Å². The molecule has 0 aliphatic heterocycles. The van der Waals surface area contributed by atoms with Crippen LogP contribution in [0.15, 0.2) is 41.5 Å². The molecular weight excluding hydrogens is 534 g/mol. The number of esters is 1. The summed E-state index contributed by atoms with van der Waals surface area (Å²) in [5.74, 6) is -0.424. The highest BCUT2D eigenvalue weighted by Gasteiger charge is 2.26. The third-order valence-corrected chi connectivity index (χ3v) is 9.36. The van der Waals surface area contributed by atoms with Crippen LogP contribution in [-0.2, 0) is 16.0 Å². The van der Waals surface area contributed by atoms with Gasteiger partial charge < -0.3 is 4.74 Å². The summed E-state index contributed by atoms with van der Waals surface area (Å²) in [5.41, 5.74) is 1.23. The lowest BCUT2D eigenvalue weighted by molar-refractivity contribution is -0.119. The normalized spacial score (nSPS) is 14.8. The molecule has 1 atom stereocenters. The fraction of sp³-hybridized carbons (Fsp3) is 0.429. The lowest BCUT2D eigenvalue weighted by Gasteiger charge is -2.18. The first kappa shape index (κ1) is 27.1. The number of thiophene rings is 1. The van der Waals surface area contributed by atoms with Crippen LogP contribution in [0.25, 0.3) is 10.2 Å². The minimum atomic E-state index is -0.781. The molecule has 0 saturated heterocycles. The molecule has 0 bridgehead atoms. The van der Waals surface area contributed by atoms with Gasteiger partial charge in [-0.25, -0.2) is 9.78 Å². The smallest absolute Gasteiger partial charge is 0.348 e. The van der Waals surface area contributed by atoms with Gasteiger partial charge >= 0.3 is 5.97 Å². The molecule has 1 unspecified atom stereocenters. The van der Waals surface area contributed by atoms with Gasteiger partial charge in [-0.3, -0.25) is 19.5 Å². The van der Waals surface area contributed by atoms with Gasteiger partial charge in [-0.1, -0.05) is 67.9 Å². The number of nitrogens with zero attached hydrogens (tertiary/aromatic N) is 4. The van der Waals surface area contributed by atoms with E-state index in [1.165, 1.54) is 41.5 Å². The summed E-state index contributed by atoms with van der Waals surface area (Å²) < 4.78 is 6.83. The first-order valence-corrected chi connectivity index (χ1v) is 14.9. The van der Waals surface area contributed by atoms with Crippen molar-refractivity contribution in [2.45, 2.75) is 70.8 Å². The van der Waals surface area contributed by atoms with Crippen LogP contribution in [0, 0.1) is 6.92 Å². The molecule has 11 heteroatoms. The monoisotopic (exact) mass is 565 g/mol. The van der Waals surface area contributed by atoms with Crippen molar-refractivity contribution in [3.63, 3.8) is 0 Å². The number of carbonyl (C=O) groups is 2. The molecule has 1 amide bonds.